The highest BCUT2D eigenvalue weighted by Gasteiger charge is 2.19. The second kappa shape index (κ2) is 8.04. The number of para-hydroxylation sites is 2. The third-order valence-electron chi connectivity index (χ3n) is 4.70. The van der Waals surface area contributed by atoms with Crippen LogP contribution in [-0.4, -0.2) is 18.4 Å². The lowest BCUT2D eigenvalue weighted by atomic mass is 10.1. The van der Waals surface area contributed by atoms with E-state index in [1.807, 2.05) is 50.2 Å². The Kier molecular flexibility index (Phi) is 5.44. The Morgan fingerprint density at radius 1 is 0.800 bits per heavy atom. The number of nitrogens with zero attached hydrogens (tertiary/aromatic N) is 2. The van der Waals surface area contributed by atoms with Crippen molar-refractivity contribution in [1.29, 1.82) is 0 Å². The second-order valence-corrected chi connectivity index (χ2v) is 9.49. The van der Waals surface area contributed by atoms with Gasteiger partial charge in [0, 0.05) is 10.2 Å². The quantitative estimate of drug-likeness (QED) is 0.389. The number of rotatable bonds is 5. The molecule has 1 heterocycles. The number of sulfonamides is 1. The molecule has 0 unspecified atom stereocenters. The SMILES string of the molecule is Cc1ccc(Nc2nc3ccccc3nc2NS(=O)(=O)c2ccc(Br)cc2)cc1C. The van der Waals surface area contributed by atoms with Crippen LogP contribution in [0, 0.1) is 13.8 Å². The number of hydrogen-bond acceptors (Lipinski definition) is 5. The monoisotopic (exact) mass is 482 g/mol. The van der Waals surface area contributed by atoms with Crippen molar-refractivity contribution >= 4 is 54.3 Å². The van der Waals surface area contributed by atoms with Gasteiger partial charge in [-0.05, 0) is 73.5 Å². The first-order valence-electron chi connectivity index (χ1n) is 9.21. The summed E-state index contributed by atoms with van der Waals surface area (Å²) in [6.07, 6.45) is 0. The van der Waals surface area contributed by atoms with Gasteiger partial charge in [0.25, 0.3) is 10.0 Å². The van der Waals surface area contributed by atoms with Gasteiger partial charge in [-0.3, -0.25) is 4.72 Å². The summed E-state index contributed by atoms with van der Waals surface area (Å²) in [6, 6.07) is 19.6. The highest BCUT2D eigenvalue weighted by atomic mass is 79.9. The van der Waals surface area contributed by atoms with E-state index in [0.717, 1.165) is 15.7 Å². The predicted octanol–water partition coefficient (Wildman–Crippen LogP) is 5.55. The lowest BCUT2D eigenvalue weighted by Crippen LogP contribution is -2.16. The van der Waals surface area contributed by atoms with Crippen LogP contribution in [0.3, 0.4) is 0 Å². The lowest BCUT2D eigenvalue weighted by molar-refractivity contribution is 0.601. The van der Waals surface area contributed by atoms with Gasteiger partial charge >= 0.3 is 0 Å². The number of aryl methyl sites for hydroxylation is 2. The zero-order valence-electron chi connectivity index (χ0n) is 16.3. The molecule has 0 aliphatic rings. The van der Waals surface area contributed by atoms with Crippen LogP contribution in [0.2, 0.25) is 0 Å². The normalized spacial score (nSPS) is 11.4. The molecule has 0 aliphatic carbocycles. The number of hydrogen-bond donors (Lipinski definition) is 2. The van der Waals surface area contributed by atoms with Crippen molar-refractivity contribution in [2.75, 3.05) is 10.0 Å². The molecule has 0 spiro atoms. The maximum Gasteiger partial charge on any atom is 0.263 e. The van der Waals surface area contributed by atoms with E-state index in [1.54, 1.807) is 18.2 Å². The molecule has 0 aliphatic heterocycles. The molecule has 6 nitrogen and oxygen atoms in total. The molecule has 2 N–H and O–H groups in total. The molecule has 0 bridgehead atoms. The summed E-state index contributed by atoms with van der Waals surface area (Å²) >= 11 is 3.32. The van der Waals surface area contributed by atoms with Gasteiger partial charge in [-0.2, -0.15) is 0 Å². The largest absolute Gasteiger partial charge is 0.337 e. The first-order chi connectivity index (χ1) is 14.3. The van der Waals surface area contributed by atoms with Crippen molar-refractivity contribution < 1.29 is 8.42 Å². The highest BCUT2D eigenvalue weighted by molar-refractivity contribution is 9.10. The van der Waals surface area contributed by atoms with Crippen LogP contribution in [0.15, 0.2) is 76.1 Å². The average molecular weight is 483 g/mol. The maximum absolute atomic E-state index is 12.9. The molecule has 0 fully saturated rings. The van der Waals surface area contributed by atoms with Crippen LogP contribution >= 0.6 is 15.9 Å². The first kappa shape index (κ1) is 20.3. The minimum atomic E-state index is -3.84. The highest BCUT2D eigenvalue weighted by Crippen LogP contribution is 2.28. The van der Waals surface area contributed by atoms with E-state index in [2.05, 4.69) is 35.9 Å². The average Bonchev–Trinajstić information content (AvgIpc) is 2.71. The Labute approximate surface area is 183 Å². The molecule has 0 radical (unpaired) electrons. The Hall–Kier alpha value is -2.97. The van der Waals surface area contributed by atoms with Crippen LogP contribution in [0.1, 0.15) is 11.1 Å². The Bertz CT molecular complexity index is 1340. The summed E-state index contributed by atoms with van der Waals surface area (Å²) in [4.78, 5) is 9.26. The predicted molar refractivity (Wildman–Crippen MR) is 124 cm³/mol. The number of anilines is 3. The lowest BCUT2D eigenvalue weighted by Gasteiger charge is -2.14. The smallest absolute Gasteiger partial charge is 0.263 e. The van der Waals surface area contributed by atoms with E-state index in [1.165, 1.54) is 17.7 Å². The van der Waals surface area contributed by atoms with Crippen LogP contribution in [0.5, 0.6) is 0 Å². The Morgan fingerprint density at radius 3 is 2.07 bits per heavy atom. The second-order valence-electron chi connectivity index (χ2n) is 6.89. The van der Waals surface area contributed by atoms with E-state index < -0.39 is 10.0 Å². The number of benzene rings is 3. The summed E-state index contributed by atoms with van der Waals surface area (Å²) in [5.74, 6) is 0.465. The fraction of sp³-hybridized carbons (Fsp3) is 0.0909. The molecular weight excluding hydrogens is 464 g/mol. The third-order valence-corrected chi connectivity index (χ3v) is 6.58. The number of fused-ring (bicyclic) bond motifs is 1. The topological polar surface area (TPSA) is 84.0 Å². The molecule has 152 valence electrons. The first-order valence-corrected chi connectivity index (χ1v) is 11.5. The van der Waals surface area contributed by atoms with E-state index in [0.29, 0.717) is 16.9 Å². The van der Waals surface area contributed by atoms with E-state index in [-0.39, 0.29) is 10.7 Å². The van der Waals surface area contributed by atoms with Crippen molar-refractivity contribution in [2.24, 2.45) is 0 Å². The molecule has 30 heavy (non-hydrogen) atoms. The summed E-state index contributed by atoms with van der Waals surface area (Å²) < 4.78 is 29.2. The molecule has 4 aromatic rings. The van der Waals surface area contributed by atoms with Crippen molar-refractivity contribution in [3.05, 3.63) is 82.3 Å². The number of nitrogens with one attached hydrogen (secondary N) is 2. The molecule has 1 aromatic heterocycles. The minimum absolute atomic E-state index is 0.134. The van der Waals surface area contributed by atoms with Crippen LogP contribution < -0.4 is 10.0 Å². The zero-order valence-corrected chi connectivity index (χ0v) is 18.8. The van der Waals surface area contributed by atoms with Crippen molar-refractivity contribution in [1.82, 2.24) is 9.97 Å². The molecule has 0 saturated carbocycles. The third kappa shape index (κ3) is 4.29. The van der Waals surface area contributed by atoms with Gasteiger partial charge in [0.2, 0.25) is 0 Å². The minimum Gasteiger partial charge on any atom is -0.337 e. The summed E-state index contributed by atoms with van der Waals surface area (Å²) in [5.41, 5.74) is 4.34. The van der Waals surface area contributed by atoms with Crippen molar-refractivity contribution in [3.63, 3.8) is 0 Å². The summed E-state index contributed by atoms with van der Waals surface area (Å²) in [5, 5.41) is 3.21. The van der Waals surface area contributed by atoms with E-state index in [4.69, 9.17) is 0 Å². The number of aromatic nitrogens is 2. The molecule has 4 rings (SSSR count). The standard InChI is InChI=1S/C22H19BrN4O2S/c1-14-7-10-17(13-15(14)2)24-21-22(26-20-6-4-3-5-19(20)25-21)27-30(28,29)18-11-8-16(23)9-12-18/h3-13H,1-2H3,(H,24,25)(H,26,27). The molecule has 0 saturated heterocycles. The molecule has 8 heteroatoms. The zero-order chi connectivity index (χ0) is 21.3. The Balaban J connectivity index is 1.78. The molecule has 3 aromatic carbocycles. The van der Waals surface area contributed by atoms with Crippen molar-refractivity contribution in [3.8, 4) is 0 Å². The van der Waals surface area contributed by atoms with Gasteiger partial charge in [-0.1, -0.05) is 34.1 Å². The van der Waals surface area contributed by atoms with Crippen LogP contribution in [0.4, 0.5) is 17.3 Å². The van der Waals surface area contributed by atoms with Gasteiger partial charge in [-0.25, -0.2) is 18.4 Å². The van der Waals surface area contributed by atoms with Gasteiger partial charge in [0.1, 0.15) is 0 Å². The van der Waals surface area contributed by atoms with E-state index in [9.17, 15) is 8.42 Å². The Morgan fingerprint density at radius 2 is 1.43 bits per heavy atom. The van der Waals surface area contributed by atoms with Gasteiger partial charge < -0.3 is 5.32 Å². The van der Waals surface area contributed by atoms with Crippen molar-refractivity contribution in [2.45, 2.75) is 18.7 Å². The van der Waals surface area contributed by atoms with Gasteiger partial charge in [-0.15, -0.1) is 0 Å². The molecular formula is C22H19BrN4O2S. The van der Waals surface area contributed by atoms with Crippen LogP contribution in [-0.2, 0) is 10.0 Å². The van der Waals surface area contributed by atoms with Gasteiger partial charge in [0.05, 0.1) is 15.9 Å². The number of halogens is 1. The molecule has 0 atom stereocenters. The maximum atomic E-state index is 12.9. The van der Waals surface area contributed by atoms with Crippen LogP contribution in [0.25, 0.3) is 11.0 Å². The summed E-state index contributed by atoms with van der Waals surface area (Å²) in [6.45, 7) is 4.05. The molecule has 0 amide bonds. The fourth-order valence-corrected chi connectivity index (χ4v) is 4.19. The fourth-order valence-electron chi connectivity index (χ4n) is 2.91. The van der Waals surface area contributed by atoms with Gasteiger partial charge in [0.15, 0.2) is 11.6 Å². The summed E-state index contributed by atoms with van der Waals surface area (Å²) in [7, 11) is -3.84. The van der Waals surface area contributed by atoms with E-state index >= 15 is 0 Å².